The lowest BCUT2D eigenvalue weighted by molar-refractivity contribution is 0.104. The van der Waals surface area contributed by atoms with Crippen molar-refractivity contribution in [2.24, 2.45) is 0 Å². The number of carbonyl (C=O) groups is 1. The van der Waals surface area contributed by atoms with Crippen molar-refractivity contribution in [1.29, 1.82) is 0 Å². The minimum atomic E-state index is 0.0518. The molecule has 0 radical (unpaired) electrons. The number of ketones is 1. The maximum atomic E-state index is 12.8. The molecule has 0 saturated carbocycles. The first kappa shape index (κ1) is 17.1. The van der Waals surface area contributed by atoms with E-state index >= 15 is 0 Å². The van der Waals surface area contributed by atoms with Crippen LogP contribution in [0.3, 0.4) is 0 Å². The number of carbonyl (C=O) groups excluding carboxylic acids is 1. The fourth-order valence-electron chi connectivity index (χ4n) is 3.93. The Balaban J connectivity index is 1.55. The smallest absolute Gasteiger partial charge is 0.194 e. The zero-order valence-electron chi connectivity index (χ0n) is 15.2. The number of hydrogen-bond acceptors (Lipinski definition) is 4. The Morgan fingerprint density at radius 1 is 1.08 bits per heavy atom. The number of benzene rings is 2. The SMILES string of the molecule is CCOc1ccc2c(c1)C(=O)c1cccc(OCCC3CCCCN3)c1-2. The summed E-state index contributed by atoms with van der Waals surface area (Å²) in [5.41, 5.74) is 3.30. The first-order valence-electron chi connectivity index (χ1n) is 9.59. The standard InChI is InChI=1S/C22H25NO3/c1-2-25-16-9-10-17-19(14-16)22(24)18-7-5-8-20(21(17)18)26-13-11-15-6-3-4-12-23-15/h5,7-10,14-15,23H,2-4,6,11-13H2,1H3. The zero-order valence-corrected chi connectivity index (χ0v) is 15.2. The number of rotatable bonds is 6. The van der Waals surface area contributed by atoms with Gasteiger partial charge in [-0.3, -0.25) is 4.79 Å². The molecule has 0 bridgehead atoms. The Morgan fingerprint density at radius 3 is 2.81 bits per heavy atom. The number of piperidine rings is 1. The van der Waals surface area contributed by atoms with Crippen LogP contribution < -0.4 is 14.8 Å². The molecule has 4 rings (SSSR count). The first-order valence-corrected chi connectivity index (χ1v) is 9.59. The van der Waals surface area contributed by atoms with Gasteiger partial charge in [0.05, 0.1) is 13.2 Å². The van der Waals surface area contributed by atoms with Gasteiger partial charge in [-0.15, -0.1) is 0 Å². The van der Waals surface area contributed by atoms with Crippen LogP contribution in [-0.2, 0) is 0 Å². The van der Waals surface area contributed by atoms with Gasteiger partial charge in [0.2, 0.25) is 0 Å². The minimum absolute atomic E-state index is 0.0518. The van der Waals surface area contributed by atoms with E-state index in [0.717, 1.165) is 41.2 Å². The summed E-state index contributed by atoms with van der Waals surface area (Å²) in [7, 11) is 0. The Kier molecular flexibility index (Phi) is 4.93. The molecule has 2 aliphatic rings. The molecule has 0 aromatic heterocycles. The van der Waals surface area contributed by atoms with E-state index in [1.807, 2.05) is 43.3 Å². The van der Waals surface area contributed by atoms with Gasteiger partial charge in [0.25, 0.3) is 0 Å². The average molecular weight is 351 g/mol. The highest BCUT2D eigenvalue weighted by Gasteiger charge is 2.30. The van der Waals surface area contributed by atoms with E-state index in [1.54, 1.807) is 0 Å². The monoisotopic (exact) mass is 351 g/mol. The predicted molar refractivity (Wildman–Crippen MR) is 102 cm³/mol. The summed E-state index contributed by atoms with van der Waals surface area (Å²) in [4.78, 5) is 12.8. The van der Waals surface area contributed by atoms with Crippen LogP contribution in [0.1, 0.15) is 48.5 Å². The van der Waals surface area contributed by atoms with E-state index < -0.39 is 0 Å². The molecule has 1 heterocycles. The van der Waals surface area contributed by atoms with Crippen molar-refractivity contribution >= 4 is 5.78 Å². The maximum absolute atomic E-state index is 12.8. The van der Waals surface area contributed by atoms with Crippen LogP contribution in [0.5, 0.6) is 11.5 Å². The maximum Gasteiger partial charge on any atom is 0.194 e. The van der Waals surface area contributed by atoms with Crippen LogP contribution in [0.15, 0.2) is 36.4 Å². The summed E-state index contributed by atoms with van der Waals surface area (Å²) in [5, 5.41) is 3.55. The van der Waals surface area contributed by atoms with Crippen LogP contribution in [-0.4, -0.2) is 31.6 Å². The van der Waals surface area contributed by atoms with E-state index in [0.29, 0.717) is 24.8 Å². The van der Waals surface area contributed by atoms with Gasteiger partial charge < -0.3 is 14.8 Å². The van der Waals surface area contributed by atoms with Crippen molar-refractivity contribution in [2.75, 3.05) is 19.8 Å². The van der Waals surface area contributed by atoms with E-state index in [-0.39, 0.29) is 5.78 Å². The largest absolute Gasteiger partial charge is 0.494 e. The zero-order chi connectivity index (χ0) is 17.9. The number of hydrogen-bond donors (Lipinski definition) is 1. The average Bonchev–Trinajstić information content (AvgIpc) is 2.96. The molecule has 0 spiro atoms. The second-order valence-electron chi connectivity index (χ2n) is 6.93. The van der Waals surface area contributed by atoms with Gasteiger partial charge in [0.15, 0.2) is 5.78 Å². The van der Waals surface area contributed by atoms with E-state index in [9.17, 15) is 4.79 Å². The van der Waals surface area contributed by atoms with Crippen molar-refractivity contribution in [1.82, 2.24) is 5.32 Å². The van der Waals surface area contributed by atoms with Crippen LogP contribution in [0.4, 0.5) is 0 Å². The molecule has 1 fully saturated rings. The highest BCUT2D eigenvalue weighted by atomic mass is 16.5. The molecule has 1 saturated heterocycles. The molecule has 1 atom stereocenters. The van der Waals surface area contributed by atoms with Crippen LogP contribution in [0, 0.1) is 0 Å². The van der Waals surface area contributed by atoms with Crippen molar-refractivity contribution in [3.63, 3.8) is 0 Å². The molecule has 4 nitrogen and oxygen atoms in total. The van der Waals surface area contributed by atoms with Gasteiger partial charge in [0, 0.05) is 22.7 Å². The molecule has 1 aliphatic carbocycles. The van der Waals surface area contributed by atoms with Crippen molar-refractivity contribution in [3.05, 3.63) is 47.5 Å². The number of nitrogens with one attached hydrogen (secondary N) is 1. The van der Waals surface area contributed by atoms with Gasteiger partial charge in [0.1, 0.15) is 11.5 Å². The van der Waals surface area contributed by atoms with Gasteiger partial charge in [-0.1, -0.05) is 18.6 Å². The summed E-state index contributed by atoms with van der Waals surface area (Å²) in [6.07, 6.45) is 4.78. The topological polar surface area (TPSA) is 47.6 Å². The van der Waals surface area contributed by atoms with E-state index in [1.165, 1.54) is 19.3 Å². The summed E-state index contributed by atoms with van der Waals surface area (Å²) in [6.45, 7) is 4.30. The minimum Gasteiger partial charge on any atom is -0.494 e. The molecular formula is C22H25NO3. The second-order valence-corrected chi connectivity index (χ2v) is 6.93. The molecule has 1 unspecified atom stereocenters. The van der Waals surface area contributed by atoms with E-state index in [2.05, 4.69) is 5.32 Å². The number of ether oxygens (including phenoxy) is 2. The Labute approximate surface area is 154 Å². The van der Waals surface area contributed by atoms with Crippen LogP contribution in [0.2, 0.25) is 0 Å². The Morgan fingerprint density at radius 2 is 2.00 bits per heavy atom. The molecular weight excluding hydrogens is 326 g/mol. The summed E-state index contributed by atoms with van der Waals surface area (Å²) in [6, 6.07) is 12.0. The Hall–Kier alpha value is -2.33. The summed E-state index contributed by atoms with van der Waals surface area (Å²) in [5.74, 6) is 1.59. The fourth-order valence-corrected chi connectivity index (χ4v) is 3.93. The summed E-state index contributed by atoms with van der Waals surface area (Å²) < 4.78 is 11.7. The molecule has 2 aromatic carbocycles. The van der Waals surface area contributed by atoms with Gasteiger partial charge in [-0.2, -0.15) is 0 Å². The highest BCUT2D eigenvalue weighted by molar-refractivity contribution is 6.22. The molecule has 2 aromatic rings. The first-order chi connectivity index (χ1) is 12.8. The molecule has 4 heteroatoms. The fraction of sp³-hybridized carbons (Fsp3) is 0.409. The quantitative estimate of drug-likeness (QED) is 0.723. The molecule has 1 N–H and O–H groups in total. The van der Waals surface area contributed by atoms with Gasteiger partial charge in [-0.25, -0.2) is 0 Å². The van der Waals surface area contributed by atoms with Crippen LogP contribution >= 0.6 is 0 Å². The number of fused-ring (bicyclic) bond motifs is 3. The third kappa shape index (κ3) is 3.21. The van der Waals surface area contributed by atoms with Gasteiger partial charge in [-0.05, 0) is 62.6 Å². The van der Waals surface area contributed by atoms with Crippen molar-refractivity contribution in [2.45, 2.75) is 38.6 Å². The summed E-state index contributed by atoms with van der Waals surface area (Å²) >= 11 is 0. The highest BCUT2D eigenvalue weighted by Crippen LogP contribution is 2.43. The lowest BCUT2D eigenvalue weighted by atomic mass is 10.0. The second kappa shape index (κ2) is 7.50. The molecule has 136 valence electrons. The molecule has 1 aliphatic heterocycles. The van der Waals surface area contributed by atoms with Crippen molar-refractivity contribution < 1.29 is 14.3 Å². The predicted octanol–water partition coefficient (Wildman–Crippen LogP) is 4.21. The van der Waals surface area contributed by atoms with Crippen molar-refractivity contribution in [3.8, 4) is 22.6 Å². The lowest BCUT2D eigenvalue weighted by Gasteiger charge is -2.23. The van der Waals surface area contributed by atoms with Gasteiger partial charge >= 0.3 is 0 Å². The Bertz CT molecular complexity index is 809. The van der Waals surface area contributed by atoms with Crippen LogP contribution in [0.25, 0.3) is 11.1 Å². The normalized spacial score (nSPS) is 18.3. The molecule has 0 amide bonds. The van der Waals surface area contributed by atoms with E-state index in [4.69, 9.17) is 9.47 Å². The third-order valence-electron chi connectivity index (χ3n) is 5.22. The lowest BCUT2D eigenvalue weighted by Crippen LogP contribution is -2.35. The third-order valence-corrected chi connectivity index (χ3v) is 5.22. The molecule has 26 heavy (non-hydrogen) atoms.